The van der Waals surface area contributed by atoms with Crippen LogP contribution >= 0.6 is 26.4 Å². The Balaban J connectivity index is 0.000000471. The monoisotopic (exact) mass is 484 g/mol. The minimum absolute atomic E-state index is 0.339. The van der Waals surface area contributed by atoms with Crippen molar-refractivity contribution < 1.29 is 40.6 Å². The molecule has 0 radical (unpaired) electrons. The summed E-state index contributed by atoms with van der Waals surface area (Å²) in [5.41, 5.74) is -3.64. The van der Waals surface area contributed by atoms with Crippen molar-refractivity contribution in [3.8, 4) is 10.4 Å². The topological polar surface area (TPSA) is 69.2 Å². The smallest absolute Gasteiger partial charge is 0.405 e. The van der Waals surface area contributed by atoms with E-state index in [0.717, 1.165) is 4.47 Å². The molecule has 3 aromatic rings. The first kappa shape index (κ1) is 19.4. The highest BCUT2D eigenvalue weighted by molar-refractivity contribution is 9.10. The van der Waals surface area contributed by atoms with Crippen molar-refractivity contribution in [3.63, 3.8) is 0 Å². The quantitative estimate of drug-likeness (QED) is 0.497. The number of halogens is 5. The molecule has 0 saturated carbocycles. The van der Waals surface area contributed by atoms with Gasteiger partial charge in [0.15, 0.2) is 9.58 Å². The molecule has 1 aromatic heterocycles. The van der Waals surface area contributed by atoms with Crippen LogP contribution in [0.1, 0.15) is 0 Å². The summed E-state index contributed by atoms with van der Waals surface area (Å²) in [6, 6.07) is 15.3. The summed E-state index contributed by atoms with van der Waals surface area (Å²) in [4.78, 5) is 0.339. The van der Waals surface area contributed by atoms with Gasteiger partial charge in [-0.15, -0.1) is 13.2 Å². The van der Waals surface area contributed by atoms with E-state index in [2.05, 4.69) is 15.9 Å². The summed E-state index contributed by atoms with van der Waals surface area (Å²) in [5, 5.41) is 0.658. The number of rotatable bonds is 1. The van der Waals surface area contributed by atoms with Gasteiger partial charge in [-0.05, 0) is 36.4 Å². The Morgan fingerprint density at radius 2 is 1.46 bits per heavy atom. The molecule has 0 N–H and O–H groups in total. The molecule has 0 aliphatic heterocycles. The van der Waals surface area contributed by atoms with E-state index in [1.54, 1.807) is 54.6 Å². The predicted molar refractivity (Wildman–Crippen MR) is 80.9 cm³/mol. The molecular formula is C15H9Br2F3O3S. The number of fused-ring (bicyclic) bond motifs is 1. The molecule has 0 amide bonds. The zero-order valence-electron chi connectivity index (χ0n) is 11.7. The Morgan fingerprint density at radius 3 is 2.00 bits per heavy atom. The molecular weight excluding hydrogens is 477 g/mol. The SMILES string of the molecule is FC(F)(F)[s+]1c(-c2ccc(Br)cc2)cc2ccccc21.[O-][Br+2]([O-])[O-]. The van der Waals surface area contributed by atoms with Crippen molar-refractivity contribution >= 4 is 36.5 Å². The molecule has 1 unspecified atom stereocenters. The minimum Gasteiger partial charge on any atom is -0.405 e. The maximum atomic E-state index is 13.4. The van der Waals surface area contributed by atoms with E-state index < -0.39 is 30.8 Å². The number of thiophene rings is 1. The van der Waals surface area contributed by atoms with E-state index >= 15 is 0 Å². The summed E-state index contributed by atoms with van der Waals surface area (Å²) in [5.74, 6) is 0. The van der Waals surface area contributed by atoms with E-state index in [-0.39, 0.29) is 0 Å². The molecule has 128 valence electrons. The highest BCUT2D eigenvalue weighted by Crippen LogP contribution is 2.54. The number of alkyl halides is 3. The van der Waals surface area contributed by atoms with Crippen molar-refractivity contribution in [2.45, 2.75) is 5.51 Å². The molecule has 0 bridgehead atoms. The van der Waals surface area contributed by atoms with Gasteiger partial charge in [-0.2, -0.15) is 0 Å². The molecule has 1 atom stereocenters. The van der Waals surface area contributed by atoms with Crippen molar-refractivity contribution in [1.29, 1.82) is 0 Å². The lowest BCUT2D eigenvalue weighted by Crippen LogP contribution is -2.42. The molecule has 0 spiro atoms. The Kier molecular flexibility index (Phi) is 6.40. The van der Waals surface area contributed by atoms with Crippen molar-refractivity contribution in [2.75, 3.05) is 0 Å². The largest absolute Gasteiger partial charge is 0.601 e. The fourth-order valence-electron chi connectivity index (χ4n) is 2.17. The van der Waals surface area contributed by atoms with Gasteiger partial charge in [0, 0.05) is 21.5 Å². The molecule has 0 saturated heterocycles. The summed E-state index contributed by atoms with van der Waals surface area (Å²) in [6.07, 6.45) is 0. The zero-order chi connectivity index (χ0) is 17.9. The normalized spacial score (nSPS) is 12.2. The lowest BCUT2D eigenvalue weighted by molar-refractivity contribution is -1.73. The Bertz CT molecular complexity index is 814. The third kappa shape index (κ3) is 4.78. The highest BCUT2D eigenvalue weighted by atomic mass is 80.0. The maximum Gasteiger partial charge on any atom is 0.601 e. The third-order valence-corrected chi connectivity index (χ3v) is 5.60. The average Bonchev–Trinajstić information content (AvgIpc) is 2.86. The first-order valence-corrected chi connectivity index (χ1v) is 10.3. The van der Waals surface area contributed by atoms with Crippen LogP contribution in [0, 0.1) is 14.8 Å². The molecule has 24 heavy (non-hydrogen) atoms. The zero-order valence-corrected chi connectivity index (χ0v) is 15.7. The van der Waals surface area contributed by atoms with Crippen LogP contribution in [0.4, 0.5) is 13.2 Å². The first-order valence-electron chi connectivity index (χ1n) is 6.31. The second-order valence-corrected chi connectivity index (χ2v) is 8.16. The summed E-state index contributed by atoms with van der Waals surface area (Å²) in [6.45, 7) is 0. The van der Waals surface area contributed by atoms with E-state index in [9.17, 15) is 13.2 Å². The number of hydrogen-bond donors (Lipinski definition) is 0. The van der Waals surface area contributed by atoms with Crippen LogP contribution in [0.5, 0.6) is 0 Å². The standard InChI is InChI=1S/C15H9BrF3S.BrO3/c16-12-7-5-10(6-8-12)14-9-11-3-1-2-4-13(11)20(14)15(17,18)19;2-1(3)4/h1-9H;/q+1;-1. The van der Waals surface area contributed by atoms with Crippen molar-refractivity contribution in [2.24, 2.45) is 0 Å². The van der Waals surface area contributed by atoms with Crippen LogP contribution in [-0.2, 0) is 5.51 Å². The summed E-state index contributed by atoms with van der Waals surface area (Å²) in [7, 11) is -1.87. The Labute approximate surface area is 151 Å². The molecule has 0 aliphatic rings. The van der Waals surface area contributed by atoms with Gasteiger partial charge in [0.25, 0.3) is 0 Å². The van der Waals surface area contributed by atoms with E-state index in [1.165, 1.54) is 0 Å². The van der Waals surface area contributed by atoms with E-state index in [4.69, 9.17) is 12.6 Å². The molecule has 2 aromatic carbocycles. The van der Waals surface area contributed by atoms with Gasteiger partial charge in [-0.1, -0.05) is 28.1 Å². The summed E-state index contributed by atoms with van der Waals surface area (Å²) < 4.78 is 67.0. The van der Waals surface area contributed by atoms with Crippen LogP contribution in [0.15, 0.2) is 59.1 Å². The summed E-state index contributed by atoms with van der Waals surface area (Å²) >= 11 is -0.348. The van der Waals surface area contributed by atoms with E-state index in [1.807, 2.05) is 0 Å². The molecule has 3 rings (SSSR count). The van der Waals surface area contributed by atoms with Gasteiger partial charge in [0.2, 0.25) is 14.8 Å². The molecule has 9 heteroatoms. The maximum absolute atomic E-state index is 13.4. The van der Waals surface area contributed by atoms with Crippen molar-refractivity contribution in [3.05, 3.63) is 59.1 Å². The van der Waals surface area contributed by atoms with E-state index in [0.29, 0.717) is 20.5 Å². The van der Waals surface area contributed by atoms with Gasteiger partial charge in [0.1, 0.15) is 10.5 Å². The highest BCUT2D eigenvalue weighted by Gasteiger charge is 2.48. The fraction of sp³-hybridized carbons (Fsp3) is 0.0667. The second-order valence-electron chi connectivity index (χ2n) is 4.49. The minimum atomic E-state index is -4.26. The molecule has 3 nitrogen and oxygen atoms in total. The van der Waals surface area contributed by atoms with Gasteiger partial charge in [-0.25, -0.2) is 0 Å². The van der Waals surface area contributed by atoms with Crippen LogP contribution in [0.3, 0.4) is 0 Å². The average molecular weight is 486 g/mol. The van der Waals surface area contributed by atoms with Gasteiger partial charge in [0.05, 0.1) is 0 Å². The molecule has 1 heterocycles. The van der Waals surface area contributed by atoms with Crippen LogP contribution in [-0.4, -0.2) is 0 Å². The van der Waals surface area contributed by atoms with Crippen LogP contribution in [0.25, 0.3) is 20.5 Å². The number of hydrogen-bond acceptors (Lipinski definition) is 3. The van der Waals surface area contributed by atoms with Crippen LogP contribution < -0.4 is 12.6 Å². The molecule has 0 aliphatic carbocycles. The predicted octanol–water partition coefficient (Wildman–Crippen LogP) is 2.93. The van der Waals surface area contributed by atoms with Crippen LogP contribution in [0.2, 0.25) is 0 Å². The molecule has 0 fully saturated rings. The van der Waals surface area contributed by atoms with Crippen molar-refractivity contribution in [1.82, 2.24) is 0 Å². The third-order valence-electron chi connectivity index (χ3n) is 3.01. The second kappa shape index (κ2) is 7.94. The first-order chi connectivity index (χ1) is 11.2. The number of benzene rings is 2. The van der Waals surface area contributed by atoms with Gasteiger partial charge >= 0.3 is 5.51 Å². The Hall–Kier alpha value is -0.970. The fourth-order valence-corrected chi connectivity index (χ4v) is 4.36. The lowest BCUT2D eigenvalue weighted by Gasteiger charge is -2.00. The lowest BCUT2D eigenvalue weighted by atomic mass is 10.1. The Morgan fingerprint density at radius 1 is 0.917 bits per heavy atom. The van der Waals surface area contributed by atoms with Gasteiger partial charge < -0.3 is 12.6 Å². The van der Waals surface area contributed by atoms with Gasteiger partial charge in [-0.3, -0.25) is 0 Å².